The number of imidazole rings is 1. The lowest BCUT2D eigenvalue weighted by Crippen LogP contribution is -2.21. The Kier molecular flexibility index (Phi) is 2.56. The second-order valence-electron chi connectivity index (χ2n) is 4.33. The first-order valence-electron chi connectivity index (χ1n) is 4.79. The van der Waals surface area contributed by atoms with Crippen LogP contribution >= 0.6 is 15.9 Å². The molecule has 0 aliphatic heterocycles. The van der Waals surface area contributed by atoms with Crippen molar-refractivity contribution in [2.24, 2.45) is 0 Å². The Labute approximate surface area is 96.9 Å². The van der Waals surface area contributed by atoms with Gasteiger partial charge < -0.3 is 9.51 Å². The van der Waals surface area contributed by atoms with Crippen LogP contribution in [-0.2, 0) is 6.42 Å². The lowest BCUT2D eigenvalue weighted by atomic mass is 10.0. The van der Waals surface area contributed by atoms with Crippen molar-refractivity contribution in [2.75, 3.05) is 0 Å². The number of fused-ring (bicyclic) bond motifs is 1. The second-order valence-corrected chi connectivity index (χ2v) is 5.25. The van der Waals surface area contributed by atoms with Gasteiger partial charge in [-0.1, -0.05) is 15.9 Å². The molecule has 15 heavy (non-hydrogen) atoms. The van der Waals surface area contributed by atoms with Gasteiger partial charge in [0.15, 0.2) is 0 Å². The van der Waals surface area contributed by atoms with Crippen LogP contribution in [0.25, 0.3) is 5.65 Å². The zero-order chi connectivity index (χ0) is 11.1. The molecule has 0 saturated carbocycles. The number of halogens is 1. The van der Waals surface area contributed by atoms with Crippen LogP contribution in [0.2, 0.25) is 0 Å². The predicted octanol–water partition coefficient (Wildman–Crippen LogP) is 2.41. The van der Waals surface area contributed by atoms with Crippen LogP contribution in [-0.4, -0.2) is 20.1 Å². The quantitative estimate of drug-likeness (QED) is 0.909. The normalized spacial score (nSPS) is 12.3. The molecule has 80 valence electrons. The third-order valence-corrected chi connectivity index (χ3v) is 2.58. The molecule has 2 aromatic heterocycles. The van der Waals surface area contributed by atoms with Gasteiger partial charge in [0, 0.05) is 23.3 Å². The smallest absolute Gasteiger partial charge is 0.138 e. The summed E-state index contributed by atoms with van der Waals surface area (Å²) >= 11 is 3.40. The van der Waals surface area contributed by atoms with Crippen molar-refractivity contribution >= 4 is 21.6 Å². The molecule has 3 nitrogen and oxygen atoms in total. The minimum atomic E-state index is -0.713. The van der Waals surface area contributed by atoms with E-state index in [2.05, 4.69) is 20.9 Å². The summed E-state index contributed by atoms with van der Waals surface area (Å²) in [6, 6.07) is 3.91. The van der Waals surface area contributed by atoms with Gasteiger partial charge in [-0.25, -0.2) is 4.98 Å². The highest BCUT2D eigenvalue weighted by Crippen LogP contribution is 2.16. The molecule has 0 bridgehead atoms. The topological polar surface area (TPSA) is 37.5 Å². The highest BCUT2D eigenvalue weighted by Gasteiger charge is 2.15. The number of aliphatic hydroxyl groups is 1. The fraction of sp³-hybridized carbons (Fsp3) is 0.364. The summed E-state index contributed by atoms with van der Waals surface area (Å²) < 4.78 is 2.96. The standard InChI is InChI=1S/C11H13BrN2O/c1-11(2,15)6-9-7-14-4-3-8(12)5-10(14)13-9/h3-5,7,15H,6H2,1-2H3. The fourth-order valence-electron chi connectivity index (χ4n) is 1.54. The first kappa shape index (κ1) is 10.6. The highest BCUT2D eigenvalue weighted by atomic mass is 79.9. The van der Waals surface area contributed by atoms with Crippen molar-refractivity contribution in [3.63, 3.8) is 0 Å². The molecule has 2 rings (SSSR count). The monoisotopic (exact) mass is 268 g/mol. The molecule has 2 aromatic rings. The average Bonchev–Trinajstić information content (AvgIpc) is 2.42. The molecule has 0 aliphatic carbocycles. The van der Waals surface area contributed by atoms with Gasteiger partial charge >= 0.3 is 0 Å². The van der Waals surface area contributed by atoms with Gasteiger partial charge in [-0.3, -0.25) is 0 Å². The van der Waals surface area contributed by atoms with E-state index >= 15 is 0 Å². The minimum absolute atomic E-state index is 0.562. The van der Waals surface area contributed by atoms with Gasteiger partial charge in [0.25, 0.3) is 0 Å². The third kappa shape index (κ3) is 2.58. The fourth-order valence-corrected chi connectivity index (χ4v) is 1.86. The molecule has 0 radical (unpaired) electrons. The van der Waals surface area contributed by atoms with Crippen LogP contribution in [0.15, 0.2) is 29.0 Å². The van der Waals surface area contributed by atoms with E-state index in [0.717, 1.165) is 15.8 Å². The van der Waals surface area contributed by atoms with Gasteiger partial charge in [-0.05, 0) is 26.0 Å². The summed E-state index contributed by atoms with van der Waals surface area (Å²) in [6.07, 6.45) is 4.45. The Bertz CT molecular complexity index is 485. The highest BCUT2D eigenvalue weighted by molar-refractivity contribution is 9.10. The van der Waals surface area contributed by atoms with E-state index < -0.39 is 5.60 Å². The SMILES string of the molecule is CC(C)(O)Cc1cn2ccc(Br)cc2n1. The van der Waals surface area contributed by atoms with Gasteiger partial charge in [0.2, 0.25) is 0 Å². The van der Waals surface area contributed by atoms with Crippen LogP contribution in [0.3, 0.4) is 0 Å². The zero-order valence-electron chi connectivity index (χ0n) is 8.74. The molecule has 0 unspecified atom stereocenters. The van der Waals surface area contributed by atoms with Gasteiger partial charge in [-0.15, -0.1) is 0 Å². The Balaban J connectivity index is 2.39. The maximum Gasteiger partial charge on any atom is 0.138 e. The maximum atomic E-state index is 9.69. The lowest BCUT2D eigenvalue weighted by Gasteiger charge is -2.14. The van der Waals surface area contributed by atoms with E-state index in [4.69, 9.17) is 0 Å². The first-order chi connectivity index (χ1) is 6.94. The van der Waals surface area contributed by atoms with Crippen LogP contribution in [0.4, 0.5) is 0 Å². The number of nitrogens with zero attached hydrogens (tertiary/aromatic N) is 2. The van der Waals surface area contributed by atoms with Gasteiger partial charge in [0.05, 0.1) is 11.3 Å². The summed E-state index contributed by atoms with van der Waals surface area (Å²) in [5.74, 6) is 0. The van der Waals surface area contributed by atoms with Crippen molar-refractivity contribution in [1.82, 2.24) is 9.38 Å². The maximum absolute atomic E-state index is 9.69. The summed E-state index contributed by atoms with van der Waals surface area (Å²) in [7, 11) is 0. The number of aromatic nitrogens is 2. The van der Waals surface area contributed by atoms with E-state index in [9.17, 15) is 5.11 Å². The van der Waals surface area contributed by atoms with E-state index in [1.54, 1.807) is 13.8 Å². The lowest BCUT2D eigenvalue weighted by molar-refractivity contribution is 0.0801. The number of hydrogen-bond donors (Lipinski definition) is 1. The molecule has 0 aromatic carbocycles. The Morgan fingerprint density at radius 2 is 2.27 bits per heavy atom. The van der Waals surface area contributed by atoms with Crippen LogP contribution in [0, 0.1) is 0 Å². The summed E-state index contributed by atoms with van der Waals surface area (Å²) in [6.45, 7) is 3.57. The summed E-state index contributed by atoms with van der Waals surface area (Å²) in [5, 5.41) is 9.69. The van der Waals surface area contributed by atoms with Crippen LogP contribution in [0.1, 0.15) is 19.5 Å². The molecule has 4 heteroatoms. The van der Waals surface area contributed by atoms with Gasteiger partial charge in [-0.2, -0.15) is 0 Å². The van der Waals surface area contributed by atoms with Crippen LogP contribution in [0.5, 0.6) is 0 Å². The average molecular weight is 269 g/mol. The van der Waals surface area contributed by atoms with Crippen molar-refractivity contribution in [1.29, 1.82) is 0 Å². The minimum Gasteiger partial charge on any atom is -0.390 e. The van der Waals surface area contributed by atoms with Crippen molar-refractivity contribution in [3.05, 3.63) is 34.7 Å². The van der Waals surface area contributed by atoms with E-state index in [-0.39, 0.29) is 0 Å². The second kappa shape index (κ2) is 3.61. The van der Waals surface area contributed by atoms with E-state index in [1.807, 2.05) is 28.9 Å². The molecular formula is C11H13BrN2O. The molecular weight excluding hydrogens is 256 g/mol. The van der Waals surface area contributed by atoms with Crippen molar-refractivity contribution in [2.45, 2.75) is 25.9 Å². The molecule has 0 fully saturated rings. The van der Waals surface area contributed by atoms with Crippen molar-refractivity contribution in [3.8, 4) is 0 Å². The molecule has 1 N–H and O–H groups in total. The summed E-state index contributed by atoms with van der Waals surface area (Å²) in [5.41, 5.74) is 1.08. The molecule has 0 saturated heterocycles. The Morgan fingerprint density at radius 1 is 1.53 bits per heavy atom. The molecule has 0 amide bonds. The predicted molar refractivity (Wildman–Crippen MR) is 62.9 cm³/mol. The van der Waals surface area contributed by atoms with Crippen molar-refractivity contribution < 1.29 is 5.11 Å². The Hall–Kier alpha value is -0.870. The van der Waals surface area contributed by atoms with E-state index in [0.29, 0.717) is 6.42 Å². The third-order valence-electron chi connectivity index (χ3n) is 2.09. The zero-order valence-corrected chi connectivity index (χ0v) is 10.3. The van der Waals surface area contributed by atoms with Gasteiger partial charge in [0.1, 0.15) is 5.65 Å². The molecule has 0 atom stereocenters. The van der Waals surface area contributed by atoms with E-state index in [1.165, 1.54) is 0 Å². The number of hydrogen-bond acceptors (Lipinski definition) is 2. The molecule has 0 spiro atoms. The summed E-state index contributed by atoms with van der Waals surface area (Å²) in [4.78, 5) is 4.43. The molecule has 0 aliphatic rings. The molecule has 2 heterocycles. The first-order valence-corrected chi connectivity index (χ1v) is 5.59. The van der Waals surface area contributed by atoms with Crippen LogP contribution < -0.4 is 0 Å². The Morgan fingerprint density at radius 3 is 2.93 bits per heavy atom. The number of rotatable bonds is 2. The largest absolute Gasteiger partial charge is 0.390 e. The number of pyridine rings is 1.